The number of nitrogens with zero attached hydrogens (tertiary/aromatic N) is 3. The van der Waals surface area contributed by atoms with Crippen LogP contribution in [0.15, 0.2) is 42.7 Å². The summed E-state index contributed by atoms with van der Waals surface area (Å²) in [5.74, 6) is 0.878. The highest BCUT2D eigenvalue weighted by atomic mass is 16.5. The molecule has 6 nitrogen and oxygen atoms in total. The zero-order chi connectivity index (χ0) is 17.9. The average molecular weight is 350 g/mol. The summed E-state index contributed by atoms with van der Waals surface area (Å²) in [6.07, 6.45) is 4.79. The minimum atomic E-state index is -0.178. The maximum absolute atomic E-state index is 12.7. The highest BCUT2D eigenvalue weighted by Crippen LogP contribution is 2.22. The number of ether oxygens (including phenoxy) is 1. The molecule has 1 atom stereocenters. The quantitative estimate of drug-likeness (QED) is 0.785. The minimum absolute atomic E-state index is 0.161. The van der Waals surface area contributed by atoms with Crippen molar-refractivity contribution in [3.05, 3.63) is 59.8 Å². The first-order valence-corrected chi connectivity index (χ1v) is 8.94. The SMILES string of the molecule is Cc1nccc(C2CN(C(=O)CCc3c[nH]c4ccccc34)CCO2)n1. The van der Waals surface area contributed by atoms with E-state index in [1.165, 1.54) is 10.9 Å². The number of benzene rings is 1. The maximum Gasteiger partial charge on any atom is 0.223 e. The topological polar surface area (TPSA) is 71.1 Å². The fourth-order valence-corrected chi connectivity index (χ4v) is 3.45. The predicted octanol–water partition coefficient (Wildman–Crippen LogP) is 2.80. The van der Waals surface area contributed by atoms with E-state index in [2.05, 4.69) is 27.1 Å². The second-order valence-corrected chi connectivity index (χ2v) is 6.59. The number of hydrogen-bond acceptors (Lipinski definition) is 4. The molecule has 1 aliphatic heterocycles. The summed E-state index contributed by atoms with van der Waals surface area (Å²) in [6, 6.07) is 10.0. The van der Waals surface area contributed by atoms with Crippen molar-refractivity contribution in [2.75, 3.05) is 19.7 Å². The number of aromatic amines is 1. The molecule has 0 aliphatic carbocycles. The Morgan fingerprint density at radius 1 is 1.35 bits per heavy atom. The Hall–Kier alpha value is -2.73. The molecule has 3 aromatic rings. The van der Waals surface area contributed by atoms with Gasteiger partial charge in [0.25, 0.3) is 0 Å². The third kappa shape index (κ3) is 3.46. The first kappa shape index (κ1) is 16.7. The molecule has 3 heterocycles. The molecule has 4 rings (SSSR count). The summed E-state index contributed by atoms with van der Waals surface area (Å²) in [7, 11) is 0. The number of H-pyrrole nitrogens is 1. The standard InChI is InChI=1S/C20H22N4O2/c1-14-21-9-8-18(23-14)19-13-24(10-11-26-19)20(25)7-6-15-12-22-17-5-3-2-4-16(15)17/h2-5,8-9,12,19,22H,6-7,10-11,13H2,1H3. The van der Waals surface area contributed by atoms with Crippen molar-refractivity contribution in [1.29, 1.82) is 0 Å². The normalized spacial score (nSPS) is 17.6. The summed E-state index contributed by atoms with van der Waals surface area (Å²) in [5, 5.41) is 1.19. The van der Waals surface area contributed by atoms with Crippen molar-refractivity contribution < 1.29 is 9.53 Å². The van der Waals surface area contributed by atoms with E-state index < -0.39 is 0 Å². The monoisotopic (exact) mass is 350 g/mol. The Morgan fingerprint density at radius 2 is 2.23 bits per heavy atom. The summed E-state index contributed by atoms with van der Waals surface area (Å²) in [5.41, 5.74) is 3.14. The molecule has 0 radical (unpaired) electrons. The van der Waals surface area contributed by atoms with Gasteiger partial charge in [0.2, 0.25) is 5.91 Å². The molecule has 1 fully saturated rings. The number of hydrogen-bond donors (Lipinski definition) is 1. The fraction of sp³-hybridized carbons (Fsp3) is 0.350. The Bertz CT molecular complexity index is 921. The van der Waals surface area contributed by atoms with Gasteiger partial charge in [0.15, 0.2) is 0 Å². The van der Waals surface area contributed by atoms with Crippen molar-refractivity contribution in [3.63, 3.8) is 0 Å². The van der Waals surface area contributed by atoms with Gasteiger partial charge in [-0.15, -0.1) is 0 Å². The number of para-hydroxylation sites is 1. The highest BCUT2D eigenvalue weighted by Gasteiger charge is 2.26. The lowest BCUT2D eigenvalue weighted by Gasteiger charge is -2.32. The molecule has 1 unspecified atom stereocenters. The van der Waals surface area contributed by atoms with E-state index in [-0.39, 0.29) is 12.0 Å². The number of aryl methyl sites for hydroxylation is 2. The second kappa shape index (κ2) is 7.25. The number of nitrogens with one attached hydrogen (secondary N) is 1. The minimum Gasteiger partial charge on any atom is -0.368 e. The van der Waals surface area contributed by atoms with Gasteiger partial charge in [-0.1, -0.05) is 18.2 Å². The largest absolute Gasteiger partial charge is 0.368 e. The van der Waals surface area contributed by atoms with E-state index in [1.54, 1.807) is 6.20 Å². The van der Waals surface area contributed by atoms with Crippen LogP contribution in [-0.2, 0) is 16.0 Å². The number of amides is 1. The average Bonchev–Trinajstić information content (AvgIpc) is 3.09. The molecule has 1 N–H and O–H groups in total. The van der Waals surface area contributed by atoms with E-state index in [0.29, 0.717) is 31.9 Å². The highest BCUT2D eigenvalue weighted by molar-refractivity contribution is 5.84. The molecule has 1 aliphatic rings. The summed E-state index contributed by atoms with van der Waals surface area (Å²) >= 11 is 0. The first-order chi connectivity index (χ1) is 12.7. The zero-order valence-electron chi connectivity index (χ0n) is 14.8. The maximum atomic E-state index is 12.7. The molecule has 1 aromatic carbocycles. The Balaban J connectivity index is 1.40. The lowest BCUT2D eigenvalue weighted by Crippen LogP contribution is -2.42. The fourth-order valence-electron chi connectivity index (χ4n) is 3.45. The third-order valence-electron chi connectivity index (χ3n) is 4.83. The van der Waals surface area contributed by atoms with Crippen LogP contribution in [0, 0.1) is 6.92 Å². The molecule has 134 valence electrons. The van der Waals surface area contributed by atoms with Gasteiger partial charge in [-0.05, 0) is 31.0 Å². The van der Waals surface area contributed by atoms with Crippen LogP contribution in [0.1, 0.15) is 29.6 Å². The van der Waals surface area contributed by atoms with Gasteiger partial charge in [0, 0.05) is 36.3 Å². The summed E-state index contributed by atoms with van der Waals surface area (Å²) in [6.45, 7) is 3.57. The molecule has 0 saturated carbocycles. The Labute approximate surface area is 152 Å². The first-order valence-electron chi connectivity index (χ1n) is 8.94. The van der Waals surface area contributed by atoms with Crippen LogP contribution in [0.5, 0.6) is 0 Å². The van der Waals surface area contributed by atoms with Crippen LogP contribution in [0.3, 0.4) is 0 Å². The number of fused-ring (bicyclic) bond motifs is 1. The van der Waals surface area contributed by atoms with Crippen LogP contribution in [0.25, 0.3) is 10.9 Å². The molecule has 0 spiro atoms. The van der Waals surface area contributed by atoms with Gasteiger partial charge in [-0.25, -0.2) is 9.97 Å². The second-order valence-electron chi connectivity index (χ2n) is 6.59. The van der Waals surface area contributed by atoms with Crippen LogP contribution < -0.4 is 0 Å². The van der Waals surface area contributed by atoms with Crippen molar-refractivity contribution in [3.8, 4) is 0 Å². The van der Waals surface area contributed by atoms with E-state index in [9.17, 15) is 4.79 Å². The third-order valence-corrected chi connectivity index (χ3v) is 4.83. The van der Waals surface area contributed by atoms with E-state index in [1.807, 2.05) is 36.2 Å². The lowest BCUT2D eigenvalue weighted by atomic mass is 10.1. The van der Waals surface area contributed by atoms with Gasteiger partial charge in [-0.2, -0.15) is 0 Å². The van der Waals surface area contributed by atoms with Crippen LogP contribution in [-0.4, -0.2) is 45.5 Å². The van der Waals surface area contributed by atoms with Crippen LogP contribution in [0.2, 0.25) is 0 Å². The molecule has 1 amide bonds. The van der Waals surface area contributed by atoms with Crippen molar-refractivity contribution in [2.24, 2.45) is 0 Å². The number of rotatable bonds is 4. The smallest absolute Gasteiger partial charge is 0.223 e. The van der Waals surface area contributed by atoms with Crippen LogP contribution in [0.4, 0.5) is 0 Å². The molecule has 6 heteroatoms. The molecular weight excluding hydrogens is 328 g/mol. The van der Waals surface area contributed by atoms with Gasteiger partial charge in [0.05, 0.1) is 18.8 Å². The molecule has 2 aromatic heterocycles. The van der Waals surface area contributed by atoms with Gasteiger partial charge in [-0.3, -0.25) is 4.79 Å². The molecule has 1 saturated heterocycles. The summed E-state index contributed by atoms with van der Waals surface area (Å²) in [4.78, 5) is 26.4. The Morgan fingerprint density at radius 3 is 3.12 bits per heavy atom. The zero-order valence-corrected chi connectivity index (χ0v) is 14.8. The number of carbonyl (C=O) groups excluding carboxylic acids is 1. The number of morpholine rings is 1. The van der Waals surface area contributed by atoms with E-state index in [0.717, 1.165) is 17.6 Å². The van der Waals surface area contributed by atoms with Gasteiger partial charge < -0.3 is 14.6 Å². The molecule has 0 bridgehead atoms. The van der Waals surface area contributed by atoms with Crippen LogP contribution >= 0.6 is 0 Å². The van der Waals surface area contributed by atoms with E-state index >= 15 is 0 Å². The summed E-state index contributed by atoms with van der Waals surface area (Å²) < 4.78 is 5.82. The number of carbonyl (C=O) groups is 1. The van der Waals surface area contributed by atoms with Gasteiger partial charge in [0.1, 0.15) is 11.9 Å². The lowest BCUT2D eigenvalue weighted by molar-refractivity contribution is -0.139. The van der Waals surface area contributed by atoms with E-state index in [4.69, 9.17) is 4.74 Å². The molecule has 26 heavy (non-hydrogen) atoms. The molecular formula is C20H22N4O2. The number of aromatic nitrogens is 3. The van der Waals surface area contributed by atoms with Crippen molar-refractivity contribution in [1.82, 2.24) is 19.9 Å². The van der Waals surface area contributed by atoms with Crippen molar-refractivity contribution >= 4 is 16.8 Å². The van der Waals surface area contributed by atoms with Crippen molar-refractivity contribution in [2.45, 2.75) is 25.9 Å². The van der Waals surface area contributed by atoms with Gasteiger partial charge >= 0.3 is 0 Å². The Kier molecular flexibility index (Phi) is 4.67. The predicted molar refractivity (Wildman–Crippen MR) is 98.7 cm³/mol.